The average molecular weight is 303 g/mol. The molecule has 1 N–H and O–H groups in total. The summed E-state index contributed by atoms with van der Waals surface area (Å²) in [6.45, 7) is 10.7. The minimum atomic E-state index is -3.00. The fourth-order valence-corrected chi connectivity index (χ4v) is 4.25. The van der Waals surface area contributed by atoms with E-state index in [2.05, 4.69) is 39.9 Å². The molecule has 5 heteroatoms. The highest BCUT2D eigenvalue weighted by atomic mass is 32.2. The van der Waals surface area contributed by atoms with Gasteiger partial charge in [-0.3, -0.25) is 4.79 Å². The van der Waals surface area contributed by atoms with Crippen LogP contribution < -0.4 is 5.32 Å². The molecule has 0 radical (unpaired) electrons. The third-order valence-electron chi connectivity index (χ3n) is 4.00. The molecule has 0 spiro atoms. The van der Waals surface area contributed by atoms with Gasteiger partial charge >= 0.3 is 0 Å². The quantitative estimate of drug-likeness (QED) is 0.848. The molecule has 4 nitrogen and oxygen atoms in total. The lowest BCUT2D eigenvalue weighted by Gasteiger charge is -2.33. The Morgan fingerprint density at radius 1 is 1.25 bits per heavy atom. The van der Waals surface area contributed by atoms with Crippen LogP contribution in [-0.2, 0) is 14.6 Å². The van der Waals surface area contributed by atoms with Crippen molar-refractivity contribution in [1.29, 1.82) is 0 Å². The maximum Gasteiger partial charge on any atom is 0.224 e. The maximum atomic E-state index is 12.3. The molecule has 1 aliphatic heterocycles. The van der Waals surface area contributed by atoms with E-state index in [4.69, 9.17) is 0 Å². The predicted molar refractivity (Wildman–Crippen MR) is 82.2 cm³/mol. The Kier molecular flexibility index (Phi) is 5.64. The standard InChI is InChI=1S/C15H29NO3S/c1-11(2)6-7-13(15(3,4)5)16-14(17)12-8-9-20(18,19)10-12/h11-13H,6-10H2,1-5H3,(H,16,17). The topological polar surface area (TPSA) is 63.2 Å². The lowest BCUT2D eigenvalue weighted by Crippen LogP contribution is -2.46. The Morgan fingerprint density at radius 3 is 2.25 bits per heavy atom. The largest absolute Gasteiger partial charge is 0.353 e. The van der Waals surface area contributed by atoms with E-state index in [0.29, 0.717) is 12.3 Å². The van der Waals surface area contributed by atoms with Crippen molar-refractivity contribution < 1.29 is 13.2 Å². The van der Waals surface area contributed by atoms with Crippen LogP contribution in [0.1, 0.15) is 53.9 Å². The van der Waals surface area contributed by atoms with Crippen LogP contribution in [0.4, 0.5) is 0 Å². The van der Waals surface area contributed by atoms with E-state index >= 15 is 0 Å². The van der Waals surface area contributed by atoms with Crippen LogP contribution in [0.25, 0.3) is 0 Å². The van der Waals surface area contributed by atoms with Crippen LogP contribution in [0.5, 0.6) is 0 Å². The lowest BCUT2D eigenvalue weighted by molar-refractivity contribution is -0.125. The second-order valence-corrected chi connectivity index (χ2v) is 9.73. The molecule has 0 aromatic carbocycles. The molecule has 0 aromatic heterocycles. The highest BCUT2D eigenvalue weighted by Gasteiger charge is 2.35. The molecule has 0 aromatic rings. The molecule has 1 fully saturated rings. The molecule has 2 atom stereocenters. The zero-order valence-electron chi connectivity index (χ0n) is 13.4. The highest BCUT2D eigenvalue weighted by molar-refractivity contribution is 7.91. The zero-order chi connectivity index (χ0) is 15.6. The minimum Gasteiger partial charge on any atom is -0.353 e. The number of carbonyl (C=O) groups excluding carboxylic acids is 1. The zero-order valence-corrected chi connectivity index (χ0v) is 14.2. The van der Waals surface area contributed by atoms with Gasteiger partial charge in [-0.25, -0.2) is 8.42 Å². The Labute approximate surface area is 123 Å². The summed E-state index contributed by atoms with van der Waals surface area (Å²) in [5.41, 5.74) is -0.0119. The normalized spacial score (nSPS) is 23.8. The number of nitrogens with one attached hydrogen (secondary N) is 1. The molecular formula is C15H29NO3S. The van der Waals surface area contributed by atoms with E-state index in [0.717, 1.165) is 12.8 Å². The summed E-state index contributed by atoms with van der Waals surface area (Å²) in [7, 11) is -3.00. The molecular weight excluding hydrogens is 274 g/mol. The summed E-state index contributed by atoms with van der Waals surface area (Å²) < 4.78 is 22.9. The molecule has 0 bridgehead atoms. The minimum absolute atomic E-state index is 0.0119. The molecule has 1 aliphatic rings. The van der Waals surface area contributed by atoms with Crippen LogP contribution >= 0.6 is 0 Å². The summed E-state index contributed by atoms with van der Waals surface area (Å²) in [5, 5.41) is 3.09. The van der Waals surface area contributed by atoms with Gasteiger partial charge in [0.05, 0.1) is 17.4 Å². The SMILES string of the molecule is CC(C)CCC(NC(=O)C1CCS(=O)(=O)C1)C(C)(C)C. The highest BCUT2D eigenvalue weighted by Crippen LogP contribution is 2.26. The van der Waals surface area contributed by atoms with Gasteiger partial charge in [0.2, 0.25) is 5.91 Å². The number of carbonyl (C=O) groups is 1. The van der Waals surface area contributed by atoms with Gasteiger partial charge in [0.25, 0.3) is 0 Å². The Bertz CT molecular complexity index is 435. The van der Waals surface area contributed by atoms with Gasteiger partial charge in [0, 0.05) is 6.04 Å². The van der Waals surface area contributed by atoms with Gasteiger partial charge in [-0.1, -0.05) is 34.6 Å². The summed E-state index contributed by atoms with van der Waals surface area (Å²) in [6.07, 6.45) is 2.47. The van der Waals surface area contributed by atoms with Crippen molar-refractivity contribution in [3.8, 4) is 0 Å². The van der Waals surface area contributed by atoms with Crippen LogP contribution in [-0.4, -0.2) is 31.9 Å². The molecule has 1 rings (SSSR count). The van der Waals surface area contributed by atoms with Gasteiger partial charge in [-0.2, -0.15) is 0 Å². The molecule has 1 amide bonds. The molecule has 0 aliphatic carbocycles. The Morgan fingerprint density at radius 2 is 1.85 bits per heavy atom. The first-order chi connectivity index (χ1) is 9.01. The maximum absolute atomic E-state index is 12.3. The van der Waals surface area contributed by atoms with E-state index in [-0.39, 0.29) is 34.8 Å². The molecule has 20 heavy (non-hydrogen) atoms. The summed E-state index contributed by atoms with van der Waals surface area (Å²) in [4.78, 5) is 12.3. The smallest absolute Gasteiger partial charge is 0.224 e. The van der Waals surface area contributed by atoms with Crippen molar-refractivity contribution in [3.05, 3.63) is 0 Å². The Hall–Kier alpha value is -0.580. The molecule has 2 unspecified atom stereocenters. The fourth-order valence-electron chi connectivity index (χ4n) is 2.51. The number of rotatable bonds is 5. The van der Waals surface area contributed by atoms with Crippen LogP contribution in [0.15, 0.2) is 0 Å². The lowest BCUT2D eigenvalue weighted by atomic mass is 9.82. The van der Waals surface area contributed by atoms with Gasteiger partial charge in [-0.15, -0.1) is 0 Å². The Balaban J connectivity index is 2.63. The van der Waals surface area contributed by atoms with Crippen molar-refractivity contribution in [2.45, 2.75) is 59.9 Å². The van der Waals surface area contributed by atoms with Crippen molar-refractivity contribution in [1.82, 2.24) is 5.32 Å². The van der Waals surface area contributed by atoms with Crippen LogP contribution in [0, 0.1) is 17.3 Å². The van der Waals surface area contributed by atoms with E-state index in [1.54, 1.807) is 0 Å². The summed E-state index contributed by atoms with van der Waals surface area (Å²) in [6, 6.07) is 0.0979. The van der Waals surface area contributed by atoms with Gasteiger partial charge in [0.1, 0.15) is 0 Å². The summed E-state index contributed by atoms with van der Waals surface area (Å²) in [5.74, 6) is 0.319. The third kappa shape index (κ3) is 5.43. The van der Waals surface area contributed by atoms with Gasteiger partial charge in [-0.05, 0) is 30.6 Å². The van der Waals surface area contributed by atoms with Crippen LogP contribution in [0.2, 0.25) is 0 Å². The van der Waals surface area contributed by atoms with Crippen LogP contribution in [0.3, 0.4) is 0 Å². The van der Waals surface area contributed by atoms with E-state index < -0.39 is 9.84 Å². The molecule has 1 heterocycles. The summed E-state index contributed by atoms with van der Waals surface area (Å²) >= 11 is 0. The van der Waals surface area contributed by atoms with Crippen molar-refractivity contribution in [2.24, 2.45) is 17.3 Å². The first-order valence-corrected chi connectivity index (χ1v) is 9.34. The number of amides is 1. The fraction of sp³-hybridized carbons (Fsp3) is 0.933. The first-order valence-electron chi connectivity index (χ1n) is 7.52. The second-order valence-electron chi connectivity index (χ2n) is 7.50. The first kappa shape index (κ1) is 17.5. The number of hydrogen-bond acceptors (Lipinski definition) is 3. The predicted octanol–water partition coefficient (Wildman–Crippen LogP) is 2.39. The van der Waals surface area contributed by atoms with Gasteiger partial charge in [0.15, 0.2) is 9.84 Å². The van der Waals surface area contributed by atoms with E-state index in [1.807, 2.05) is 0 Å². The molecule has 118 valence electrons. The second kappa shape index (κ2) is 6.46. The van der Waals surface area contributed by atoms with Crippen molar-refractivity contribution in [3.63, 3.8) is 0 Å². The average Bonchev–Trinajstić information content (AvgIpc) is 2.62. The molecule has 1 saturated heterocycles. The number of hydrogen-bond donors (Lipinski definition) is 1. The molecule has 0 saturated carbocycles. The van der Waals surface area contributed by atoms with Crippen molar-refractivity contribution >= 4 is 15.7 Å². The third-order valence-corrected chi connectivity index (χ3v) is 5.77. The van der Waals surface area contributed by atoms with E-state index in [1.165, 1.54) is 0 Å². The monoisotopic (exact) mass is 303 g/mol. The van der Waals surface area contributed by atoms with E-state index in [9.17, 15) is 13.2 Å². The van der Waals surface area contributed by atoms with Gasteiger partial charge < -0.3 is 5.32 Å². The number of sulfone groups is 1. The van der Waals surface area contributed by atoms with Crippen molar-refractivity contribution in [2.75, 3.05) is 11.5 Å².